The summed E-state index contributed by atoms with van der Waals surface area (Å²) in [7, 11) is 0. The summed E-state index contributed by atoms with van der Waals surface area (Å²) < 4.78 is 7.12. The number of aromatic nitrogens is 5. The molecule has 156 valence electrons. The van der Waals surface area contributed by atoms with Gasteiger partial charge in [-0.25, -0.2) is 9.66 Å². The Morgan fingerprint density at radius 2 is 1.81 bits per heavy atom. The van der Waals surface area contributed by atoms with Crippen molar-refractivity contribution in [1.82, 2.24) is 24.6 Å². The predicted octanol–water partition coefficient (Wildman–Crippen LogP) is 3.34. The van der Waals surface area contributed by atoms with Crippen LogP contribution < -0.4 is 10.2 Å². The van der Waals surface area contributed by atoms with Crippen LogP contribution in [0.5, 0.6) is 0 Å². The first-order chi connectivity index (χ1) is 15.3. The van der Waals surface area contributed by atoms with Crippen LogP contribution in [-0.4, -0.2) is 57.1 Å². The van der Waals surface area contributed by atoms with Crippen LogP contribution in [0, 0.1) is 0 Å². The van der Waals surface area contributed by atoms with Crippen molar-refractivity contribution in [3.05, 3.63) is 65.7 Å². The predicted molar refractivity (Wildman–Crippen MR) is 120 cm³/mol. The van der Waals surface area contributed by atoms with Gasteiger partial charge in [0.2, 0.25) is 5.95 Å². The number of benzene rings is 1. The van der Waals surface area contributed by atoms with E-state index in [0.29, 0.717) is 41.2 Å². The number of ether oxygens (including phenoxy) is 1. The van der Waals surface area contributed by atoms with Crippen molar-refractivity contribution in [1.29, 1.82) is 0 Å². The van der Waals surface area contributed by atoms with E-state index in [-0.39, 0.29) is 0 Å². The fourth-order valence-corrected chi connectivity index (χ4v) is 3.33. The van der Waals surface area contributed by atoms with Gasteiger partial charge in [-0.05, 0) is 29.8 Å². The Morgan fingerprint density at radius 1 is 1.03 bits per heavy atom. The van der Waals surface area contributed by atoms with E-state index in [1.807, 2.05) is 36.4 Å². The topological polar surface area (TPSA) is 93.4 Å². The van der Waals surface area contributed by atoms with Gasteiger partial charge in [-0.2, -0.15) is 15.1 Å². The van der Waals surface area contributed by atoms with Crippen LogP contribution in [0.4, 0.5) is 17.5 Å². The number of imidazole rings is 1. The molecule has 0 amide bonds. The van der Waals surface area contributed by atoms with Gasteiger partial charge in [-0.1, -0.05) is 23.7 Å². The maximum atomic E-state index is 5.96. The lowest BCUT2D eigenvalue weighted by atomic mass is 10.2. The molecule has 31 heavy (non-hydrogen) atoms. The van der Waals surface area contributed by atoms with Gasteiger partial charge in [0.15, 0.2) is 17.0 Å². The number of hydrogen-bond donors (Lipinski definition) is 1. The SMILES string of the molecule is Clc1ccc(/C=N/n2cnc3c(Nc4ccncc4)nc(N4CCOCC4)nc32)cc1. The first-order valence-corrected chi connectivity index (χ1v) is 10.2. The van der Waals surface area contributed by atoms with Crippen molar-refractivity contribution in [2.24, 2.45) is 5.10 Å². The molecule has 0 bridgehead atoms. The van der Waals surface area contributed by atoms with Gasteiger partial charge in [0.25, 0.3) is 0 Å². The molecule has 0 saturated carbocycles. The summed E-state index contributed by atoms with van der Waals surface area (Å²) in [6, 6.07) is 11.2. The van der Waals surface area contributed by atoms with Gasteiger partial charge in [-0.15, -0.1) is 0 Å². The molecular weight excluding hydrogens is 416 g/mol. The second-order valence-corrected chi connectivity index (χ2v) is 7.33. The standard InChI is InChI=1S/C21H19ClN8O/c22-16-3-1-15(2-4-16)13-25-30-14-24-18-19(26-17-5-7-23-8-6-17)27-21(28-20(18)30)29-9-11-31-12-10-29/h1-8,13-14H,9-12H2,(H,23,26,27,28)/b25-13+. The van der Waals surface area contributed by atoms with Crippen molar-refractivity contribution in [3.63, 3.8) is 0 Å². The van der Waals surface area contributed by atoms with Gasteiger partial charge >= 0.3 is 0 Å². The number of fused-ring (bicyclic) bond motifs is 1. The first-order valence-electron chi connectivity index (χ1n) is 9.81. The van der Waals surface area contributed by atoms with Gasteiger partial charge in [0, 0.05) is 36.2 Å². The largest absolute Gasteiger partial charge is 0.378 e. The van der Waals surface area contributed by atoms with Gasteiger partial charge in [0.1, 0.15) is 6.33 Å². The minimum absolute atomic E-state index is 0.607. The van der Waals surface area contributed by atoms with Crippen LogP contribution in [0.2, 0.25) is 5.02 Å². The molecule has 5 rings (SSSR count). The molecule has 4 aromatic rings. The lowest BCUT2D eigenvalue weighted by molar-refractivity contribution is 0.122. The molecule has 3 aromatic heterocycles. The zero-order valence-corrected chi connectivity index (χ0v) is 17.3. The Bertz CT molecular complexity index is 1200. The number of pyridine rings is 1. The number of hydrogen-bond acceptors (Lipinski definition) is 8. The number of morpholine rings is 1. The molecule has 10 heteroatoms. The molecule has 1 aromatic carbocycles. The lowest BCUT2D eigenvalue weighted by Crippen LogP contribution is -2.37. The number of nitrogens with zero attached hydrogens (tertiary/aromatic N) is 7. The number of rotatable bonds is 5. The van der Waals surface area contributed by atoms with Crippen molar-refractivity contribution in [3.8, 4) is 0 Å². The molecule has 1 fully saturated rings. The molecule has 1 saturated heterocycles. The third-order valence-corrected chi connectivity index (χ3v) is 5.06. The molecule has 0 radical (unpaired) electrons. The second kappa shape index (κ2) is 8.66. The van der Waals surface area contributed by atoms with Crippen LogP contribution >= 0.6 is 11.6 Å². The zero-order valence-electron chi connectivity index (χ0n) is 16.5. The summed E-state index contributed by atoms with van der Waals surface area (Å²) in [4.78, 5) is 20.2. The van der Waals surface area contributed by atoms with Crippen molar-refractivity contribution in [2.45, 2.75) is 0 Å². The van der Waals surface area contributed by atoms with Crippen molar-refractivity contribution < 1.29 is 4.74 Å². The van der Waals surface area contributed by atoms with Crippen LogP contribution in [0.25, 0.3) is 11.2 Å². The Labute approximate surface area is 183 Å². The molecule has 0 aliphatic carbocycles. The molecular formula is C21H19ClN8O. The number of nitrogens with one attached hydrogen (secondary N) is 1. The quantitative estimate of drug-likeness (QED) is 0.481. The van der Waals surface area contributed by atoms with Crippen LogP contribution in [0.3, 0.4) is 0 Å². The highest BCUT2D eigenvalue weighted by atomic mass is 35.5. The van der Waals surface area contributed by atoms with Gasteiger partial charge in [-0.3, -0.25) is 4.98 Å². The van der Waals surface area contributed by atoms with Crippen LogP contribution in [-0.2, 0) is 4.74 Å². The van der Waals surface area contributed by atoms with Crippen molar-refractivity contribution in [2.75, 3.05) is 36.5 Å². The summed E-state index contributed by atoms with van der Waals surface area (Å²) in [5.41, 5.74) is 3.02. The summed E-state index contributed by atoms with van der Waals surface area (Å²) in [5.74, 6) is 1.22. The molecule has 0 unspecified atom stereocenters. The Balaban J connectivity index is 1.55. The normalized spacial score (nSPS) is 14.4. The molecule has 9 nitrogen and oxygen atoms in total. The average molecular weight is 435 g/mol. The third-order valence-electron chi connectivity index (χ3n) is 4.81. The number of halogens is 1. The van der Waals surface area contributed by atoms with E-state index in [4.69, 9.17) is 26.3 Å². The third kappa shape index (κ3) is 4.32. The van der Waals surface area contributed by atoms with E-state index in [2.05, 4.69) is 25.3 Å². The molecule has 1 aliphatic rings. The summed E-state index contributed by atoms with van der Waals surface area (Å²) >= 11 is 5.96. The fourth-order valence-electron chi connectivity index (χ4n) is 3.20. The van der Waals surface area contributed by atoms with E-state index in [0.717, 1.165) is 24.3 Å². The molecule has 0 spiro atoms. The Hall–Kier alpha value is -3.56. The highest BCUT2D eigenvalue weighted by Crippen LogP contribution is 2.26. The van der Waals surface area contributed by atoms with E-state index in [1.165, 1.54) is 0 Å². The van der Waals surface area contributed by atoms with Gasteiger partial charge in [0.05, 0.1) is 19.4 Å². The summed E-state index contributed by atoms with van der Waals surface area (Å²) in [6.07, 6.45) is 6.81. The minimum Gasteiger partial charge on any atom is -0.378 e. The second-order valence-electron chi connectivity index (χ2n) is 6.89. The first kappa shape index (κ1) is 19.4. The Morgan fingerprint density at radius 3 is 2.58 bits per heavy atom. The zero-order chi connectivity index (χ0) is 21.0. The molecule has 0 atom stereocenters. The van der Waals surface area contributed by atoms with E-state index in [9.17, 15) is 0 Å². The van der Waals surface area contributed by atoms with Gasteiger partial charge < -0.3 is 15.0 Å². The van der Waals surface area contributed by atoms with Crippen LogP contribution in [0.1, 0.15) is 5.56 Å². The van der Waals surface area contributed by atoms with E-state index in [1.54, 1.807) is 29.6 Å². The van der Waals surface area contributed by atoms with E-state index >= 15 is 0 Å². The average Bonchev–Trinajstić information content (AvgIpc) is 3.23. The maximum absolute atomic E-state index is 5.96. The lowest BCUT2D eigenvalue weighted by Gasteiger charge is -2.27. The Kier molecular flexibility index (Phi) is 5.42. The summed E-state index contributed by atoms with van der Waals surface area (Å²) in [5, 5.41) is 8.55. The number of anilines is 3. The monoisotopic (exact) mass is 434 g/mol. The van der Waals surface area contributed by atoms with E-state index < -0.39 is 0 Å². The molecule has 1 aliphatic heterocycles. The smallest absolute Gasteiger partial charge is 0.229 e. The highest BCUT2D eigenvalue weighted by molar-refractivity contribution is 6.30. The van der Waals surface area contributed by atoms with Crippen molar-refractivity contribution >= 4 is 46.4 Å². The molecule has 1 N–H and O–H groups in total. The molecule has 4 heterocycles. The minimum atomic E-state index is 0.607. The highest BCUT2D eigenvalue weighted by Gasteiger charge is 2.19. The fraction of sp³-hybridized carbons (Fsp3) is 0.190. The summed E-state index contributed by atoms with van der Waals surface area (Å²) in [6.45, 7) is 2.73. The maximum Gasteiger partial charge on any atom is 0.229 e. The van der Waals surface area contributed by atoms with Crippen LogP contribution in [0.15, 0.2) is 60.2 Å².